The van der Waals surface area contributed by atoms with Gasteiger partial charge in [-0.15, -0.1) is 0 Å². The maximum Gasteiger partial charge on any atom is 0.255 e. The highest BCUT2D eigenvalue weighted by atomic mass is 16.5. The lowest BCUT2D eigenvalue weighted by Gasteiger charge is -2.15. The van der Waals surface area contributed by atoms with Gasteiger partial charge in [-0.3, -0.25) is 4.79 Å². The number of rotatable bonds is 1. The van der Waals surface area contributed by atoms with Crippen molar-refractivity contribution in [1.82, 2.24) is 5.32 Å². The average molecular weight is 203 g/mol. The summed E-state index contributed by atoms with van der Waals surface area (Å²) in [5, 5.41) is 2.91. The number of carbonyl (C=O) groups excluding carboxylic acids is 1. The van der Waals surface area contributed by atoms with Crippen LogP contribution in [-0.4, -0.2) is 18.6 Å². The number of fused-ring (bicyclic) bond motifs is 1. The van der Waals surface area contributed by atoms with Crippen LogP contribution in [0, 0.1) is 5.92 Å². The molecule has 0 saturated heterocycles. The highest BCUT2D eigenvalue weighted by Crippen LogP contribution is 2.36. The van der Waals surface area contributed by atoms with Crippen LogP contribution in [0.1, 0.15) is 23.2 Å². The Hall–Kier alpha value is -1.51. The molecule has 1 unspecified atom stereocenters. The van der Waals surface area contributed by atoms with Crippen LogP contribution in [0.15, 0.2) is 24.3 Å². The fraction of sp³-hybridized carbons (Fsp3) is 0.417. The zero-order valence-electron chi connectivity index (χ0n) is 8.40. The molecule has 1 aliphatic carbocycles. The summed E-state index contributed by atoms with van der Waals surface area (Å²) >= 11 is 0. The van der Waals surface area contributed by atoms with Crippen molar-refractivity contribution in [3.8, 4) is 5.75 Å². The van der Waals surface area contributed by atoms with Crippen molar-refractivity contribution in [3.05, 3.63) is 29.8 Å². The lowest BCUT2D eigenvalue weighted by atomic mass is 10.2. The van der Waals surface area contributed by atoms with Crippen molar-refractivity contribution in [2.45, 2.75) is 18.9 Å². The first-order valence-corrected chi connectivity index (χ1v) is 5.38. The lowest BCUT2D eigenvalue weighted by molar-refractivity contribution is 0.0948. The van der Waals surface area contributed by atoms with E-state index in [0.717, 1.165) is 5.75 Å². The van der Waals surface area contributed by atoms with Crippen molar-refractivity contribution < 1.29 is 9.53 Å². The second-order valence-electron chi connectivity index (χ2n) is 4.20. The summed E-state index contributed by atoms with van der Waals surface area (Å²) in [5.74, 6) is 1.34. The van der Waals surface area contributed by atoms with Gasteiger partial charge in [0.1, 0.15) is 11.9 Å². The maximum atomic E-state index is 11.7. The fourth-order valence-corrected chi connectivity index (χ4v) is 1.98. The molecule has 2 aliphatic rings. The molecule has 0 radical (unpaired) electrons. The number of benzene rings is 1. The largest absolute Gasteiger partial charge is 0.487 e. The third-order valence-corrected chi connectivity index (χ3v) is 3.02. The van der Waals surface area contributed by atoms with E-state index in [-0.39, 0.29) is 12.0 Å². The molecule has 0 bridgehead atoms. The number of hydrogen-bond donors (Lipinski definition) is 1. The molecule has 1 atom stereocenters. The Kier molecular flexibility index (Phi) is 1.91. The van der Waals surface area contributed by atoms with Gasteiger partial charge in [0, 0.05) is 0 Å². The maximum absolute atomic E-state index is 11.7. The summed E-state index contributed by atoms with van der Waals surface area (Å²) in [7, 11) is 0. The number of ether oxygens (including phenoxy) is 1. The molecule has 1 fully saturated rings. The molecular formula is C12H13NO2. The van der Waals surface area contributed by atoms with Gasteiger partial charge in [0.05, 0.1) is 12.1 Å². The number of nitrogens with one attached hydrogen (secondary N) is 1. The zero-order valence-corrected chi connectivity index (χ0v) is 8.40. The van der Waals surface area contributed by atoms with Crippen molar-refractivity contribution >= 4 is 5.91 Å². The predicted molar refractivity (Wildman–Crippen MR) is 55.9 cm³/mol. The summed E-state index contributed by atoms with van der Waals surface area (Å²) in [6, 6.07) is 7.44. The number of para-hydroxylation sites is 1. The van der Waals surface area contributed by atoms with Crippen LogP contribution >= 0.6 is 0 Å². The third kappa shape index (κ3) is 1.58. The van der Waals surface area contributed by atoms with Crippen molar-refractivity contribution in [3.63, 3.8) is 0 Å². The van der Waals surface area contributed by atoms with Crippen molar-refractivity contribution in [1.29, 1.82) is 0 Å². The van der Waals surface area contributed by atoms with Gasteiger partial charge < -0.3 is 10.1 Å². The highest BCUT2D eigenvalue weighted by Gasteiger charge is 2.35. The summed E-state index contributed by atoms with van der Waals surface area (Å²) in [6.45, 7) is 0.637. The van der Waals surface area contributed by atoms with Crippen LogP contribution in [0.5, 0.6) is 5.75 Å². The van der Waals surface area contributed by atoms with Gasteiger partial charge in [-0.2, -0.15) is 0 Å². The monoisotopic (exact) mass is 203 g/mol. The topological polar surface area (TPSA) is 38.3 Å². The Morgan fingerprint density at radius 1 is 1.27 bits per heavy atom. The molecule has 1 N–H and O–H groups in total. The minimum atomic E-state index is -0.0197. The van der Waals surface area contributed by atoms with E-state index in [4.69, 9.17) is 4.74 Å². The van der Waals surface area contributed by atoms with Gasteiger partial charge in [-0.05, 0) is 30.9 Å². The summed E-state index contributed by atoms with van der Waals surface area (Å²) < 4.78 is 5.87. The van der Waals surface area contributed by atoms with E-state index in [9.17, 15) is 4.79 Å². The molecule has 0 aromatic heterocycles. The zero-order chi connectivity index (χ0) is 10.3. The van der Waals surface area contributed by atoms with E-state index in [1.807, 2.05) is 18.2 Å². The lowest BCUT2D eigenvalue weighted by Crippen LogP contribution is -2.33. The quantitative estimate of drug-likeness (QED) is 0.752. The SMILES string of the molecule is O=C1NCC(C2CC2)Oc2ccccc21. The van der Waals surface area contributed by atoms with E-state index >= 15 is 0 Å². The van der Waals surface area contributed by atoms with Crippen LogP contribution < -0.4 is 10.1 Å². The second kappa shape index (κ2) is 3.26. The number of amides is 1. The van der Waals surface area contributed by atoms with Crippen LogP contribution in [0.3, 0.4) is 0 Å². The Labute approximate surface area is 88.4 Å². The van der Waals surface area contributed by atoms with E-state index < -0.39 is 0 Å². The molecule has 1 saturated carbocycles. The van der Waals surface area contributed by atoms with Crippen LogP contribution in [0.25, 0.3) is 0 Å². The predicted octanol–water partition coefficient (Wildman–Crippen LogP) is 1.59. The van der Waals surface area contributed by atoms with Crippen molar-refractivity contribution in [2.24, 2.45) is 5.92 Å². The molecule has 1 amide bonds. The normalized spacial score (nSPS) is 24.8. The van der Waals surface area contributed by atoms with Gasteiger partial charge in [-0.1, -0.05) is 12.1 Å². The summed E-state index contributed by atoms with van der Waals surface area (Å²) in [5.41, 5.74) is 0.653. The first-order valence-electron chi connectivity index (χ1n) is 5.38. The molecule has 3 rings (SSSR count). The van der Waals surface area contributed by atoms with Gasteiger partial charge in [0.15, 0.2) is 0 Å². The minimum absolute atomic E-state index is 0.0197. The van der Waals surface area contributed by atoms with Gasteiger partial charge in [0.2, 0.25) is 0 Å². The Balaban J connectivity index is 1.94. The minimum Gasteiger partial charge on any atom is -0.487 e. The molecule has 78 valence electrons. The van der Waals surface area contributed by atoms with E-state index in [1.54, 1.807) is 6.07 Å². The molecule has 15 heavy (non-hydrogen) atoms. The van der Waals surface area contributed by atoms with Gasteiger partial charge in [0.25, 0.3) is 5.91 Å². The summed E-state index contributed by atoms with van der Waals surface area (Å²) in [6.07, 6.45) is 2.61. The van der Waals surface area contributed by atoms with Crippen LogP contribution in [0.2, 0.25) is 0 Å². The van der Waals surface area contributed by atoms with Crippen molar-refractivity contribution in [2.75, 3.05) is 6.54 Å². The Bertz CT molecular complexity index is 398. The highest BCUT2D eigenvalue weighted by molar-refractivity contribution is 5.97. The molecular weight excluding hydrogens is 190 g/mol. The van der Waals surface area contributed by atoms with Crippen LogP contribution in [0.4, 0.5) is 0 Å². The Morgan fingerprint density at radius 3 is 2.87 bits per heavy atom. The molecule has 3 nitrogen and oxygen atoms in total. The number of hydrogen-bond acceptors (Lipinski definition) is 2. The first-order chi connectivity index (χ1) is 7.34. The Morgan fingerprint density at radius 2 is 2.07 bits per heavy atom. The summed E-state index contributed by atoms with van der Waals surface area (Å²) in [4.78, 5) is 11.7. The standard InChI is InChI=1S/C12H13NO2/c14-12-9-3-1-2-4-10(9)15-11(7-13-12)8-5-6-8/h1-4,8,11H,5-7H2,(H,13,14). The average Bonchev–Trinajstić information content (AvgIpc) is 3.06. The van der Waals surface area contributed by atoms with E-state index in [2.05, 4.69) is 5.32 Å². The van der Waals surface area contributed by atoms with Gasteiger partial charge >= 0.3 is 0 Å². The fourth-order valence-electron chi connectivity index (χ4n) is 1.98. The first kappa shape index (κ1) is 8.77. The molecule has 0 spiro atoms. The second-order valence-corrected chi connectivity index (χ2v) is 4.20. The molecule has 3 heteroatoms. The molecule has 1 aliphatic heterocycles. The molecule has 1 aromatic carbocycles. The van der Waals surface area contributed by atoms with Crippen LogP contribution in [-0.2, 0) is 0 Å². The number of carbonyl (C=O) groups is 1. The third-order valence-electron chi connectivity index (χ3n) is 3.02. The van der Waals surface area contributed by atoms with E-state index in [0.29, 0.717) is 18.0 Å². The van der Waals surface area contributed by atoms with E-state index in [1.165, 1.54) is 12.8 Å². The molecule has 1 heterocycles. The van der Waals surface area contributed by atoms with Gasteiger partial charge in [-0.25, -0.2) is 0 Å². The smallest absolute Gasteiger partial charge is 0.255 e. The molecule has 1 aromatic rings.